The maximum Gasteiger partial charge on any atom is 0.307 e. The molecule has 4 nitrogen and oxygen atoms in total. The average Bonchev–Trinajstić information content (AvgIpc) is 2.70. The summed E-state index contributed by atoms with van der Waals surface area (Å²) in [5, 5.41) is 9.39. The first kappa shape index (κ1) is 27.7. The Kier molecular flexibility index (Phi) is 19.1. The van der Waals surface area contributed by atoms with Gasteiger partial charge in [-0.15, -0.1) is 0 Å². The monoisotopic (exact) mass is 409 g/mol. The van der Waals surface area contributed by atoms with Gasteiger partial charge in [-0.05, 0) is 46.0 Å². The van der Waals surface area contributed by atoms with Crippen LogP contribution in [0.3, 0.4) is 0 Å². The standard InChI is InChI=1S/C25H47NO3/c1-4-7-8-9-10-11-12-13-14-15-16-17-18-19-20-21-23(25(28)29)22-24(27)26(5-2)6-3/h10-11,23H,4-9,12-22H2,1-3H3,(H,28,29)/b11-10+. The molecule has 0 radical (unpaired) electrons. The van der Waals surface area contributed by atoms with E-state index in [4.69, 9.17) is 0 Å². The van der Waals surface area contributed by atoms with Crippen LogP contribution in [0, 0.1) is 5.92 Å². The molecule has 0 rings (SSSR count). The van der Waals surface area contributed by atoms with E-state index in [0.717, 1.165) is 12.8 Å². The minimum Gasteiger partial charge on any atom is -0.481 e. The maximum atomic E-state index is 12.1. The Balaban J connectivity index is 3.64. The van der Waals surface area contributed by atoms with E-state index in [1.165, 1.54) is 70.6 Å². The van der Waals surface area contributed by atoms with Crippen molar-refractivity contribution in [1.29, 1.82) is 0 Å². The molecule has 1 unspecified atom stereocenters. The number of unbranched alkanes of at least 4 members (excludes halogenated alkanes) is 11. The molecule has 29 heavy (non-hydrogen) atoms. The lowest BCUT2D eigenvalue weighted by Gasteiger charge is -2.21. The third-order valence-electron chi connectivity index (χ3n) is 5.70. The lowest BCUT2D eigenvalue weighted by atomic mass is 9.96. The van der Waals surface area contributed by atoms with Crippen molar-refractivity contribution < 1.29 is 14.7 Å². The molecule has 0 saturated carbocycles. The van der Waals surface area contributed by atoms with E-state index in [2.05, 4.69) is 19.1 Å². The van der Waals surface area contributed by atoms with E-state index in [1.54, 1.807) is 4.90 Å². The second-order valence-corrected chi connectivity index (χ2v) is 8.18. The molecule has 0 aliphatic carbocycles. The normalized spacial score (nSPS) is 12.4. The van der Waals surface area contributed by atoms with Crippen LogP contribution in [0.1, 0.15) is 117 Å². The highest BCUT2D eigenvalue weighted by Crippen LogP contribution is 2.17. The Morgan fingerprint density at radius 1 is 0.759 bits per heavy atom. The second-order valence-electron chi connectivity index (χ2n) is 8.18. The molecular formula is C25H47NO3. The van der Waals surface area contributed by atoms with Crippen molar-refractivity contribution in [3.05, 3.63) is 12.2 Å². The number of carboxylic acids is 1. The van der Waals surface area contributed by atoms with Crippen LogP contribution in [0.4, 0.5) is 0 Å². The van der Waals surface area contributed by atoms with E-state index >= 15 is 0 Å². The predicted molar refractivity (Wildman–Crippen MR) is 123 cm³/mol. The van der Waals surface area contributed by atoms with E-state index in [1.807, 2.05) is 13.8 Å². The first-order valence-electron chi connectivity index (χ1n) is 12.2. The third-order valence-corrected chi connectivity index (χ3v) is 5.70. The number of allylic oxidation sites excluding steroid dienone is 2. The van der Waals surface area contributed by atoms with Gasteiger partial charge in [-0.1, -0.05) is 76.9 Å². The Hall–Kier alpha value is -1.32. The molecule has 1 amide bonds. The first-order valence-corrected chi connectivity index (χ1v) is 12.2. The SMILES string of the molecule is CCCCC/C=C/CCCCCCCCCCC(CC(=O)N(CC)CC)C(=O)O. The fraction of sp³-hybridized carbons (Fsp3) is 0.840. The molecule has 1 N–H and O–H groups in total. The number of hydrogen-bond acceptors (Lipinski definition) is 2. The van der Waals surface area contributed by atoms with Gasteiger partial charge in [0, 0.05) is 19.5 Å². The summed E-state index contributed by atoms with van der Waals surface area (Å²) in [4.78, 5) is 25.3. The fourth-order valence-electron chi connectivity index (χ4n) is 3.69. The summed E-state index contributed by atoms with van der Waals surface area (Å²) in [6.07, 6.45) is 21.5. The highest BCUT2D eigenvalue weighted by Gasteiger charge is 2.22. The molecule has 0 aliphatic rings. The molecule has 0 aromatic rings. The molecule has 0 bridgehead atoms. The second kappa shape index (κ2) is 20.0. The molecule has 0 fully saturated rings. The van der Waals surface area contributed by atoms with E-state index in [9.17, 15) is 14.7 Å². The summed E-state index contributed by atoms with van der Waals surface area (Å²) < 4.78 is 0. The molecule has 170 valence electrons. The largest absolute Gasteiger partial charge is 0.481 e. The van der Waals surface area contributed by atoms with Gasteiger partial charge >= 0.3 is 5.97 Å². The summed E-state index contributed by atoms with van der Waals surface area (Å²) in [5.41, 5.74) is 0. The van der Waals surface area contributed by atoms with Crippen LogP contribution in [0.5, 0.6) is 0 Å². The van der Waals surface area contributed by atoms with Crippen molar-refractivity contribution in [3.63, 3.8) is 0 Å². The van der Waals surface area contributed by atoms with Gasteiger partial charge in [0.15, 0.2) is 0 Å². The number of rotatable bonds is 20. The zero-order valence-electron chi connectivity index (χ0n) is 19.5. The van der Waals surface area contributed by atoms with Gasteiger partial charge in [0.1, 0.15) is 0 Å². The van der Waals surface area contributed by atoms with Crippen molar-refractivity contribution in [3.8, 4) is 0 Å². The van der Waals surface area contributed by atoms with Gasteiger partial charge in [-0.3, -0.25) is 9.59 Å². The van der Waals surface area contributed by atoms with E-state index in [-0.39, 0.29) is 12.3 Å². The highest BCUT2D eigenvalue weighted by atomic mass is 16.4. The summed E-state index contributed by atoms with van der Waals surface area (Å²) in [6, 6.07) is 0. The van der Waals surface area contributed by atoms with Gasteiger partial charge in [0.25, 0.3) is 0 Å². The molecule has 0 saturated heterocycles. The van der Waals surface area contributed by atoms with Crippen LogP contribution in [0.2, 0.25) is 0 Å². The molecule has 1 atom stereocenters. The third kappa shape index (κ3) is 16.2. The maximum absolute atomic E-state index is 12.1. The summed E-state index contributed by atoms with van der Waals surface area (Å²) >= 11 is 0. The van der Waals surface area contributed by atoms with Crippen LogP contribution in [0.15, 0.2) is 12.2 Å². The lowest BCUT2D eigenvalue weighted by Crippen LogP contribution is -2.33. The summed E-state index contributed by atoms with van der Waals surface area (Å²) in [6.45, 7) is 7.41. The van der Waals surface area contributed by atoms with Crippen LogP contribution in [0.25, 0.3) is 0 Å². The zero-order valence-corrected chi connectivity index (χ0v) is 19.5. The molecule has 0 heterocycles. The number of carbonyl (C=O) groups is 2. The van der Waals surface area contributed by atoms with Crippen molar-refractivity contribution in [2.75, 3.05) is 13.1 Å². The molecule has 4 heteroatoms. The number of hydrogen-bond donors (Lipinski definition) is 1. The van der Waals surface area contributed by atoms with Gasteiger partial charge in [-0.2, -0.15) is 0 Å². The molecule has 0 aromatic carbocycles. The van der Waals surface area contributed by atoms with E-state index in [0.29, 0.717) is 19.5 Å². The summed E-state index contributed by atoms with van der Waals surface area (Å²) in [5.74, 6) is -1.39. The van der Waals surface area contributed by atoms with Crippen molar-refractivity contribution in [2.24, 2.45) is 5.92 Å². The predicted octanol–water partition coefficient (Wildman–Crippen LogP) is 6.98. The fourth-order valence-corrected chi connectivity index (χ4v) is 3.69. The minimum absolute atomic E-state index is 0.0294. The van der Waals surface area contributed by atoms with Gasteiger partial charge in [-0.25, -0.2) is 0 Å². The molecule has 0 aliphatic heterocycles. The van der Waals surface area contributed by atoms with Gasteiger partial charge < -0.3 is 10.0 Å². The first-order chi connectivity index (χ1) is 14.1. The zero-order chi connectivity index (χ0) is 21.7. The average molecular weight is 410 g/mol. The Morgan fingerprint density at radius 3 is 1.72 bits per heavy atom. The highest BCUT2D eigenvalue weighted by molar-refractivity contribution is 5.82. The van der Waals surface area contributed by atoms with Crippen molar-refractivity contribution >= 4 is 11.9 Å². The smallest absolute Gasteiger partial charge is 0.307 e. The topological polar surface area (TPSA) is 57.6 Å². The number of carbonyl (C=O) groups excluding carboxylic acids is 1. The van der Waals surface area contributed by atoms with Crippen LogP contribution < -0.4 is 0 Å². The number of aliphatic carboxylic acids is 1. The lowest BCUT2D eigenvalue weighted by molar-refractivity contribution is -0.146. The number of amides is 1. The molecule has 0 aromatic heterocycles. The molecular weight excluding hydrogens is 362 g/mol. The minimum atomic E-state index is -0.829. The van der Waals surface area contributed by atoms with Gasteiger partial charge in [0.2, 0.25) is 5.91 Å². The van der Waals surface area contributed by atoms with E-state index < -0.39 is 11.9 Å². The quantitative estimate of drug-likeness (QED) is 0.174. The summed E-state index contributed by atoms with van der Waals surface area (Å²) in [7, 11) is 0. The van der Waals surface area contributed by atoms with Crippen LogP contribution in [-0.2, 0) is 9.59 Å². The number of carboxylic acid groups (broad SMARTS) is 1. The Morgan fingerprint density at radius 2 is 1.24 bits per heavy atom. The Bertz CT molecular complexity index is 430. The van der Waals surface area contributed by atoms with Crippen LogP contribution >= 0.6 is 0 Å². The van der Waals surface area contributed by atoms with Crippen LogP contribution in [-0.4, -0.2) is 35.0 Å². The van der Waals surface area contributed by atoms with Gasteiger partial charge in [0.05, 0.1) is 5.92 Å². The van der Waals surface area contributed by atoms with Crippen molar-refractivity contribution in [2.45, 2.75) is 117 Å². The molecule has 0 spiro atoms. The Labute approximate surface area is 180 Å². The number of nitrogens with zero attached hydrogens (tertiary/aromatic N) is 1. The van der Waals surface area contributed by atoms with Crippen molar-refractivity contribution in [1.82, 2.24) is 4.90 Å².